The van der Waals surface area contributed by atoms with Crippen molar-refractivity contribution in [3.63, 3.8) is 0 Å². The highest BCUT2D eigenvalue weighted by atomic mass is 32.2. The molecule has 3 rings (SSSR count). The molecule has 0 radical (unpaired) electrons. The van der Waals surface area contributed by atoms with Crippen LogP contribution in [0.4, 0.5) is 0 Å². The molecule has 0 aromatic rings. The molecule has 0 saturated carbocycles. The summed E-state index contributed by atoms with van der Waals surface area (Å²) in [5.74, 6) is 3.13. The molecular formula is C15H30N4OS. The third kappa shape index (κ3) is 4.81. The summed E-state index contributed by atoms with van der Waals surface area (Å²) in [4.78, 5) is 0. The van der Waals surface area contributed by atoms with E-state index in [4.69, 9.17) is 4.74 Å². The van der Waals surface area contributed by atoms with Gasteiger partial charge in [0.1, 0.15) is 0 Å². The van der Waals surface area contributed by atoms with Crippen molar-refractivity contribution in [3.05, 3.63) is 0 Å². The lowest BCUT2D eigenvalue weighted by atomic mass is 10.0. The minimum absolute atomic E-state index is 0.527. The minimum Gasteiger partial charge on any atom is -0.380 e. The van der Waals surface area contributed by atoms with Crippen molar-refractivity contribution < 1.29 is 4.74 Å². The third-order valence-electron chi connectivity index (χ3n) is 4.85. The molecule has 122 valence electrons. The first-order valence-corrected chi connectivity index (χ1v) is 9.65. The zero-order chi connectivity index (χ0) is 14.3. The van der Waals surface area contributed by atoms with Crippen molar-refractivity contribution in [3.8, 4) is 0 Å². The molecular weight excluding hydrogens is 284 g/mol. The molecule has 4 N–H and O–H groups in total. The lowest BCUT2D eigenvalue weighted by Gasteiger charge is -2.28. The van der Waals surface area contributed by atoms with Crippen LogP contribution in [-0.4, -0.2) is 75.6 Å². The van der Waals surface area contributed by atoms with Crippen LogP contribution in [0.1, 0.15) is 12.8 Å². The van der Waals surface area contributed by atoms with Crippen molar-refractivity contribution in [1.29, 1.82) is 0 Å². The lowest BCUT2D eigenvalue weighted by molar-refractivity contribution is 0.110. The quantitative estimate of drug-likeness (QED) is 0.558. The van der Waals surface area contributed by atoms with Crippen LogP contribution in [-0.2, 0) is 4.74 Å². The summed E-state index contributed by atoms with van der Waals surface area (Å²) in [6, 6.07) is 1.76. The molecule has 6 heteroatoms. The Bertz CT molecular complexity index is 263. The van der Waals surface area contributed by atoms with Gasteiger partial charge in [-0.3, -0.25) is 0 Å². The van der Waals surface area contributed by atoms with Crippen LogP contribution in [0.5, 0.6) is 0 Å². The van der Waals surface area contributed by atoms with Crippen LogP contribution in [0.15, 0.2) is 0 Å². The van der Waals surface area contributed by atoms with Crippen LogP contribution < -0.4 is 21.3 Å². The predicted octanol–water partition coefficient (Wildman–Crippen LogP) is -0.362. The first-order valence-electron chi connectivity index (χ1n) is 8.50. The van der Waals surface area contributed by atoms with Crippen LogP contribution in [0.25, 0.3) is 0 Å². The first-order chi connectivity index (χ1) is 10.4. The normalized spacial score (nSPS) is 40.0. The second kappa shape index (κ2) is 8.70. The second-order valence-corrected chi connectivity index (χ2v) is 7.54. The van der Waals surface area contributed by atoms with E-state index in [0.717, 1.165) is 39.4 Å². The Balaban J connectivity index is 1.50. The largest absolute Gasteiger partial charge is 0.380 e. The molecule has 0 aliphatic carbocycles. The lowest BCUT2D eigenvalue weighted by Crippen LogP contribution is -2.51. The molecule has 3 aliphatic rings. The van der Waals surface area contributed by atoms with Gasteiger partial charge in [-0.2, -0.15) is 11.8 Å². The number of thioether (sulfide) groups is 1. The molecule has 21 heavy (non-hydrogen) atoms. The molecule has 0 bridgehead atoms. The van der Waals surface area contributed by atoms with Gasteiger partial charge in [0.25, 0.3) is 0 Å². The fourth-order valence-electron chi connectivity index (χ4n) is 3.53. The van der Waals surface area contributed by atoms with Crippen LogP contribution >= 0.6 is 11.8 Å². The standard InChI is InChI=1S/C15H30N4OS/c1-3-17-15(11-21-7-1)13-2-4-18-14(9-19-13)12-8-16-5-6-20-10-12/h12-19H,1-11H2. The topological polar surface area (TPSA) is 57.3 Å². The highest BCUT2D eigenvalue weighted by Crippen LogP contribution is 2.15. The van der Waals surface area contributed by atoms with Crippen LogP contribution in [0, 0.1) is 5.92 Å². The summed E-state index contributed by atoms with van der Waals surface area (Å²) in [5.41, 5.74) is 0. The summed E-state index contributed by atoms with van der Waals surface area (Å²) in [7, 11) is 0. The van der Waals surface area contributed by atoms with Crippen molar-refractivity contribution in [2.75, 3.05) is 57.4 Å². The van der Waals surface area contributed by atoms with Gasteiger partial charge in [0.05, 0.1) is 13.2 Å². The predicted molar refractivity (Wildman–Crippen MR) is 89.1 cm³/mol. The molecule has 4 unspecified atom stereocenters. The van der Waals surface area contributed by atoms with Crippen LogP contribution in [0.2, 0.25) is 0 Å². The zero-order valence-corrected chi connectivity index (χ0v) is 13.7. The van der Waals surface area contributed by atoms with Gasteiger partial charge in [0.2, 0.25) is 0 Å². The van der Waals surface area contributed by atoms with Crippen molar-refractivity contribution in [2.24, 2.45) is 5.92 Å². The van der Waals surface area contributed by atoms with E-state index in [2.05, 4.69) is 33.0 Å². The van der Waals surface area contributed by atoms with Gasteiger partial charge in [-0.1, -0.05) is 0 Å². The van der Waals surface area contributed by atoms with Gasteiger partial charge in [-0.05, 0) is 31.7 Å². The zero-order valence-electron chi connectivity index (χ0n) is 12.9. The Hall–Kier alpha value is 0.150. The fourth-order valence-corrected chi connectivity index (χ4v) is 4.65. The Morgan fingerprint density at radius 1 is 0.905 bits per heavy atom. The molecule has 0 aromatic heterocycles. The summed E-state index contributed by atoms with van der Waals surface area (Å²) in [5, 5.41) is 14.8. The van der Waals surface area contributed by atoms with Crippen LogP contribution in [0.3, 0.4) is 0 Å². The van der Waals surface area contributed by atoms with E-state index in [1.165, 1.54) is 30.9 Å². The molecule has 3 heterocycles. The molecule has 3 aliphatic heterocycles. The van der Waals surface area contributed by atoms with Crippen molar-refractivity contribution >= 4 is 11.8 Å². The molecule has 0 aromatic carbocycles. The van der Waals surface area contributed by atoms with Gasteiger partial charge in [0, 0.05) is 49.4 Å². The Kier molecular flexibility index (Phi) is 6.64. The van der Waals surface area contributed by atoms with E-state index < -0.39 is 0 Å². The fraction of sp³-hybridized carbons (Fsp3) is 1.00. The molecule has 0 amide bonds. The summed E-state index contributed by atoms with van der Waals surface area (Å²) in [6.45, 7) is 7.14. The molecule has 4 atom stereocenters. The monoisotopic (exact) mass is 314 g/mol. The van der Waals surface area contributed by atoms with Crippen molar-refractivity contribution in [1.82, 2.24) is 21.3 Å². The average Bonchev–Trinajstić information content (AvgIpc) is 3.01. The Labute approximate surface area is 132 Å². The first kappa shape index (κ1) is 16.0. The molecule has 5 nitrogen and oxygen atoms in total. The van der Waals surface area contributed by atoms with Gasteiger partial charge in [0.15, 0.2) is 0 Å². The summed E-state index contributed by atoms with van der Waals surface area (Å²) < 4.78 is 5.71. The van der Waals surface area contributed by atoms with E-state index in [1.54, 1.807) is 0 Å². The average molecular weight is 314 g/mol. The Morgan fingerprint density at radius 3 is 2.86 bits per heavy atom. The van der Waals surface area contributed by atoms with Gasteiger partial charge >= 0.3 is 0 Å². The molecule has 3 saturated heterocycles. The van der Waals surface area contributed by atoms with Crippen molar-refractivity contribution in [2.45, 2.75) is 31.0 Å². The van der Waals surface area contributed by atoms with E-state index in [-0.39, 0.29) is 0 Å². The van der Waals surface area contributed by atoms with E-state index in [1.807, 2.05) is 0 Å². The second-order valence-electron chi connectivity index (χ2n) is 6.39. The highest BCUT2D eigenvalue weighted by Gasteiger charge is 2.29. The maximum Gasteiger partial charge on any atom is 0.0591 e. The van der Waals surface area contributed by atoms with E-state index >= 15 is 0 Å². The molecule has 3 fully saturated rings. The van der Waals surface area contributed by atoms with E-state index in [0.29, 0.717) is 24.0 Å². The highest BCUT2D eigenvalue weighted by molar-refractivity contribution is 7.99. The Morgan fingerprint density at radius 2 is 1.86 bits per heavy atom. The summed E-state index contributed by atoms with van der Waals surface area (Å²) in [6.07, 6.45) is 2.52. The van der Waals surface area contributed by atoms with Gasteiger partial charge in [-0.15, -0.1) is 0 Å². The van der Waals surface area contributed by atoms with Gasteiger partial charge < -0.3 is 26.0 Å². The maximum absolute atomic E-state index is 5.71. The molecule has 0 spiro atoms. The third-order valence-corrected chi connectivity index (χ3v) is 6.02. The number of ether oxygens (including phenoxy) is 1. The van der Waals surface area contributed by atoms with Gasteiger partial charge in [-0.25, -0.2) is 0 Å². The number of nitrogens with one attached hydrogen (secondary N) is 4. The number of hydrogen-bond acceptors (Lipinski definition) is 6. The summed E-state index contributed by atoms with van der Waals surface area (Å²) >= 11 is 2.10. The minimum atomic E-state index is 0.527. The number of hydrogen-bond donors (Lipinski definition) is 4. The SMILES string of the molecule is C1CNC(C2CCNC(C3CNCCOC3)CN2)CSC1. The van der Waals surface area contributed by atoms with E-state index in [9.17, 15) is 0 Å². The maximum atomic E-state index is 5.71. The smallest absolute Gasteiger partial charge is 0.0591 e. The number of rotatable bonds is 2.